The minimum absolute atomic E-state index is 0.0183. The summed E-state index contributed by atoms with van der Waals surface area (Å²) in [4.78, 5) is 28.8. The van der Waals surface area contributed by atoms with Crippen LogP contribution in [0.2, 0.25) is 0 Å². The van der Waals surface area contributed by atoms with Crippen molar-refractivity contribution >= 4 is 17.2 Å². The molecule has 9 heteroatoms. The number of hydrogen-bond acceptors (Lipinski definition) is 7. The first-order valence-electron chi connectivity index (χ1n) is 11.3. The van der Waals surface area contributed by atoms with Gasteiger partial charge in [0.15, 0.2) is 0 Å². The Balaban J connectivity index is 1.21. The number of hydrogen-bond donors (Lipinski definition) is 3. The van der Waals surface area contributed by atoms with Crippen molar-refractivity contribution in [3.8, 4) is 5.75 Å². The summed E-state index contributed by atoms with van der Waals surface area (Å²) in [5.41, 5.74) is 5.36. The molecule has 2 aromatic heterocycles. The molecular weight excluding hydrogens is 438 g/mol. The normalized spacial score (nSPS) is 19.8. The van der Waals surface area contributed by atoms with Crippen molar-refractivity contribution < 1.29 is 9.53 Å². The van der Waals surface area contributed by atoms with Crippen LogP contribution < -0.4 is 20.2 Å². The van der Waals surface area contributed by atoms with Crippen molar-refractivity contribution in [1.82, 2.24) is 25.8 Å². The third-order valence-electron chi connectivity index (χ3n) is 6.33. The molecule has 3 heterocycles. The summed E-state index contributed by atoms with van der Waals surface area (Å²) in [6, 6.07) is 9.23. The quantitative estimate of drug-likeness (QED) is 0.516. The average Bonchev–Trinajstić information content (AvgIpc) is 3.46. The fraction of sp³-hybridized carbons (Fsp3) is 0.417. The number of nitrogens with zero attached hydrogens (tertiary/aromatic N) is 2. The second-order valence-corrected chi connectivity index (χ2v) is 9.66. The second kappa shape index (κ2) is 9.44. The lowest BCUT2D eigenvalue weighted by Gasteiger charge is -2.20. The Hall–Kier alpha value is -3.04. The molecule has 0 unspecified atom stereocenters. The predicted molar refractivity (Wildman–Crippen MR) is 126 cm³/mol. The molecule has 8 nitrogen and oxygen atoms in total. The van der Waals surface area contributed by atoms with Crippen LogP contribution in [0.3, 0.4) is 0 Å². The molecule has 33 heavy (non-hydrogen) atoms. The number of ether oxygens (including phenoxy) is 1. The Labute approximate surface area is 195 Å². The van der Waals surface area contributed by atoms with E-state index in [0.29, 0.717) is 30.3 Å². The minimum atomic E-state index is -0.181. The van der Waals surface area contributed by atoms with Crippen molar-refractivity contribution in [3.63, 3.8) is 0 Å². The van der Waals surface area contributed by atoms with E-state index in [1.807, 2.05) is 19.1 Å². The van der Waals surface area contributed by atoms with Gasteiger partial charge < -0.3 is 15.4 Å². The van der Waals surface area contributed by atoms with Gasteiger partial charge in [0, 0.05) is 36.0 Å². The SMILES string of the molecule is Cc1cc(COc2ccc(C(=O)N[C@@H]3CNC[C@@H]3c3n[nH]c(=O)s3)cc2)c2c(n1)CCCC2. The second-order valence-electron chi connectivity index (χ2n) is 8.66. The number of aromatic amines is 1. The van der Waals surface area contributed by atoms with Crippen LogP contribution in [-0.2, 0) is 19.4 Å². The van der Waals surface area contributed by atoms with Crippen molar-refractivity contribution in [2.45, 2.75) is 51.2 Å². The molecular formula is C24H27N5O3S. The molecule has 1 saturated heterocycles. The van der Waals surface area contributed by atoms with Gasteiger partial charge in [-0.15, -0.1) is 0 Å². The Morgan fingerprint density at radius 3 is 2.82 bits per heavy atom. The van der Waals surface area contributed by atoms with Gasteiger partial charge in [0.25, 0.3) is 5.91 Å². The Morgan fingerprint density at radius 1 is 1.21 bits per heavy atom. The number of fused-ring (bicyclic) bond motifs is 1. The predicted octanol–water partition coefficient (Wildman–Crippen LogP) is 2.48. The Bertz CT molecular complexity index is 1200. The molecule has 0 spiro atoms. The summed E-state index contributed by atoms with van der Waals surface area (Å²) in [5.74, 6) is 0.560. The molecule has 1 aromatic carbocycles. The van der Waals surface area contributed by atoms with Crippen molar-refractivity contribution in [2.24, 2.45) is 0 Å². The van der Waals surface area contributed by atoms with Crippen molar-refractivity contribution in [2.75, 3.05) is 13.1 Å². The number of rotatable bonds is 6. The molecule has 172 valence electrons. The molecule has 5 rings (SSSR count). The van der Waals surface area contributed by atoms with Gasteiger partial charge >= 0.3 is 4.87 Å². The Morgan fingerprint density at radius 2 is 2.03 bits per heavy atom. The van der Waals surface area contributed by atoms with Gasteiger partial charge in [-0.05, 0) is 74.1 Å². The molecule has 1 aliphatic heterocycles. The zero-order valence-electron chi connectivity index (χ0n) is 18.5. The van der Waals surface area contributed by atoms with Gasteiger partial charge in [0.05, 0.1) is 6.04 Å². The maximum atomic E-state index is 12.8. The number of nitrogens with one attached hydrogen (secondary N) is 3. The number of carbonyl (C=O) groups is 1. The first-order chi connectivity index (χ1) is 16.1. The largest absolute Gasteiger partial charge is 0.489 e. The zero-order chi connectivity index (χ0) is 22.8. The molecule has 1 amide bonds. The smallest absolute Gasteiger partial charge is 0.322 e. The number of aryl methyl sites for hydroxylation is 2. The van der Waals surface area contributed by atoms with Gasteiger partial charge in [-0.1, -0.05) is 11.3 Å². The summed E-state index contributed by atoms with van der Waals surface area (Å²) >= 11 is 1.09. The lowest BCUT2D eigenvalue weighted by Crippen LogP contribution is -2.39. The molecule has 2 aliphatic rings. The van der Waals surface area contributed by atoms with E-state index in [2.05, 4.69) is 26.9 Å². The first-order valence-corrected chi connectivity index (χ1v) is 12.2. The van der Waals surface area contributed by atoms with Crippen molar-refractivity contribution in [1.29, 1.82) is 0 Å². The Kier molecular flexibility index (Phi) is 6.24. The maximum Gasteiger partial charge on any atom is 0.322 e. The fourth-order valence-corrected chi connectivity index (χ4v) is 5.45. The van der Waals surface area contributed by atoms with Crippen LogP contribution in [0, 0.1) is 6.92 Å². The van der Waals surface area contributed by atoms with Gasteiger partial charge in [0.1, 0.15) is 17.4 Å². The van der Waals surface area contributed by atoms with E-state index in [1.165, 1.54) is 29.7 Å². The lowest BCUT2D eigenvalue weighted by atomic mass is 9.92. The van der Waals surface area contributed by atoms with Gasteiger partial charge in [-0.25, -0.2) is 5.10 Å². The highest BCUT2D eigenvalue weighted by Gasteiger charge is 2.32. The van der Waals surface area contributed by atoms with Gasteiger partial charge in [-0.2, -0.15) is 5.10 Å². The summed E-state index contributed by atoms with van der Waals surface area (Å²) in [7, 11) is 0. The highest BCUT2D eigenvalue weighted by Crippen LogP contribution is 2.26. The van der Waals surface area contributed by atoms with E-state index < -0.39 is 0 Å². The molecule has 3 N–H and O–H groups in total. The van der Waals surface area contributed by atoms with Crippen LogP contribution in [0.25, 0.3) is 0 Å². The van der Waals surface area contributed by atoms with Crippen LogP contribution in [0.5, 0.6) is 5.75 Å². The van der Waals surface area contributed by atoms with Gasteiger partial charge in [-0.3, -0.25) is 14.6 Å². The lowest BCUT2D eigenvalue weighted by molar-refractivity contribution is 0.0937. The number of aromatic nitrogens is 3. The monoisotopic (exact) mass is 465 g/mol. The third kappa shape index (κ3) is 4.84. The number of carbonyl (C=O) groups excluding carboxylic acids is 1. The van der Waals surface area contributed by atoms with Crippen LogP contribution in [-0.4, -0.2) is 40.2 Å². The fourth-order valence-electron chi connectivity index (χ4n) is 4.68. The summed E-state index contributed by atoms with van der Waals surface area (Å²) in [6.45, 7) is 3.85. The molecule has 0 bridgehead atoms. The number of pyridine rings is 1. The first kappa shape index (κ1) is 21.8. The molecule has 2 atom stereocenters. The van der Waals surface area contributed by atoms with E-state index in [9.17, 15) is 9.59 Å². The van der Waals surface area contributed by atoms with Crippen LogP contribution in [0.1, 0.15) is 56.6 Å². The third-order valence-corrected chi connectivity index (χ3v) is 7.21. The maximum absolute atomic E-state index is 12.8. The molecule has 0 saturated carbocycles. The zero-order valence-corrected chi connectivity index (χ0v) is 19.3. The molecule has 0 radical (unpaired) electrons. The molecule has 3 aromatic rings. The van der Waals surface area contributed by atoms with Gasteiger partial charge in [0.2, 0.25) is 0 Å². The van der Waals surface area contributed by atoms with Crippen molar-refractivity contribution in [3.05, 3.63) is 73.1 Å². The highest BCUT2D eigenvalue weighted by atomic mass is 32.1. The van der Waals surface area contributed by atoms with Crippen LogP contribution in [0.4, 0.5) is 0 Å². The topological polar surface area (TPSA) is 109 Å². The molecule has 1 fully saturated rings. The number of benzene rings is 1. The van der Waals surface area contributed by atoms with E-state index in [4.69, 9.17) is 9.72 Å². The minimum Gasteiger partial charge on any atom is -0.489 e. The standard InChI is InChI=1S/C24H27N5O3S/c1-14-10-16(18-4-2-3-5-20(18)26-14)13-32-17-8-6-15(7-9-17)22(30)27-21-12-25-11-19(21)23-28-29-24(31)33-23/h6-10,19,21,25H,2-5,11-13H2,1H3,(H,27,30)(H,29,31)/t19-,21+/m0/s1. The summed E-state index contributed by atoms with van der Waals surface area (Å²) in [5, 5.41) is 13.6. The van der Waals surface area contributed by atoms with E-state index in [-0.39, 0.29) is 22.7 Å². The average molecular weight is 466 g/mol. The van der Waals surface area contributed by atoms with Crippen LogP contribution in [0.15, 0.2) is 35.1 Å². The van der Waals surface area contributed by atoms with E-state index in [1.54, 1.807) is 12.1 Å². The van der Waals surface area contributed by atoms with E-state index in [0.717, 1.165) is 35.6 Å². The van der Waals surface area contributed by atoms with Crippen LogP contribution >= 0.6 is 11.3 Å². The number of H-pyrrole nitrogens is 1. The highest BCUT2D eigenvalue weighted by molar-refractivity contribution is 7.08. The number of amides is 1. The summed E-state index contributed by atoms with van der Waals surface area (Å²) in [6.07, 6.45) is 4.51. The molecule has 1 aliphatic carbocycles. The summed E-state index contributed by atoms with van der Waals surface area (Å²) < 4.78 is 6.05. The van der Waals surface area contributed by atoms with E-state index >= 15 is 0 Å².